The van der Waals surface area contributed by atoms with Crippen molar-refractivity contribution in [2.75, 3.05) is 50.1 Å². The SMILES string of the molecule is CC[C@H](C)[C@@H]1NC(=O)CCC(=O)CSC[C@@H](C(=O)CN(C)[C@H](C=O)CCCN=C(N)N)NCC(=O)[C@H](CCCCNC(=O)CBr)CCC1=O. The van der Waals surface area contributed by atoms with E-state index in [9.17, 15) is 33.6 Å². The van der Waals surface area contributed by atoms with Gasteiger partial charge in [-0.2, -0.15) is 11.8 Å². The highest BCUT2D eigenvalue weighted by molar-refractivity contribution is 9.09. The summed E-state index contributed by atoms with van der Waals surface area (Å²) in [5, 5.41) is 8.93. The number of ketones is 4. The van der Waals surface area contributed by atoms with Crippen LogP contribution in [0.5, 0.6) is 0 Å². The van der Waals surface area contributed by atoms with Crippen LogP contribution in [0.2, 0.25) is 0 Å². The van der Waals surface area contributed by atoms with Crippen LogP contribution < -0.4 is 27.4 Å². The first-order valence-corrected chi connectivity index (χ1v) is 19.3. The van der Waals surface area contributed by atoms with Gasteiger partial charge < -0.3 is 26.9 Å². The van der Waals surface area contributed by atoms with E-state index in [1.54, 1.807) is 11.9 Å². The minimum Gasteiger partial charge on any atom is -0.370 e. The summed E-state index contributed by atoms with van der Waals surface area (Å²) in [6, 6.07) is -2.05. The Hall–Kier alpha value is -2.69. The number of hydrogen-bond donors (Lipinski definition) is 5. The largest absolute Gasteiger partial charge is 0.370 e. The fraction of sp³-hybridized carbons (Fsp3) is 0.758. The van der Waals surface area contributed by atoms with Gasteiger partial charge in [-0.15, -0.1) is 0 Å². The van der Waals surface area contributed by atoms with Crippen molar-refractivity contribution in [1.29, 1.82) is 0 Å². The van der Waals surface area contributed by atoms with Crippen molar-refractivity contribution >= 4 is 74.9 Å². The molecule has 14 nitrogen and oxygen atoms in total. The molecule has 1 rings (SSSR count). The number of rotatable bonds is 17. The lowest BCUT2D eigenvalue weighted by Crippen LogP contribution is -2.48. The maximum Gasteiger partial charge on any atom is 0.230 e. The van der Waals surface area contributed by atoms with Crippen LogP contribution >= 0.6 is 27.7 Å². The molecule has 5 atom stereocenters. The number of likely N-dealkylation sites (N-methyl/N-ethyl adjacent to an activating group) is 1. The van der Waals surface area contributed by atoms with E-state index < -0.39 is 24.0 Å². The van der Waals surface area contributed by atoms with E-state index in [4.69, 9.17) is 11.5 Å². The summed E-state index contributed by atoms with van der Waals surface area (Å²) < 4.78 is 0. The molecule has 16 heteroatoms. The summed E-state index contributed by atoms with van der Waals surface area (Å²) in [6.45, 7) is 4.45. The molecule has 1 heterocycles. The predicted molar refractivity (Wildman–Crippen MR) is 196 cm³/mol. The van der Waals surface area contributed by atoms with Crippen molar-refractivity contribution in [1.82, 2.24) is 20.9 Å². The minimum absolute atomic E-state index is 0.00650. The van der Waals surface area contributed by atoms with Gasteiger partial charge in [0.2, 0.25) is 11.8 Å². The molecule has 0 unspecified atom stereocenters. The Morgan fingerprint density at radius 1 is 1.12 bits per heavy atom. The summed E-state index contributed by atoms with van der Waals surface area (Å²) in [7, 11) is 1.67. The number of nitrogens with two attached hydrogens (primary N) is 2. The summed E-state index contributed by atoms with van der Waals surface area (Å²) in [6.07, 6.45) is 4.52. The molecule has 0 spiro atoms. The average Bonchev–Trinajstić information content (AvgIpc) is 3.07. The molecule has 7 N–H and O–H groups in total. The number of alkyl halides is 1. The molecule has 2 amide bonds. The van der Waals surface area contributed by atoms with Gasteiger partial charge in [0.05, 0.1) is 42.3 Å². The van der Waals surface area contributed by atoms with Crippen LogP contribution in [0, 0.1) is 11.8 Å². The van der Waals surface area contributed by atoms with Gasteiger partial charge in [-0.1, -0.05) is 42.6 Å². The molecule has 1 aliphatic rings. The van der Waals surface area contributed by atoms with Crippen LogP contribution in [0.4, 0.5) is 0 Å². The first-order valence-electron chi connectivity index (χ1n) is 17.1. The first kappa shape index (κ1) is 44.3. The highest BCUT2D eigenvalue weighted by atomic mass is 79.9. The molecule has 1 saturated heterocycles. The lowest BCUT2D eigenvalue weighted by Gasteiger charge is -2.26. The first-order chi connectivity index (χ1) is 23.3. The minimum atomic E-state index is -0.784. The Morgan fingerprint density at radius 2 is 1.86 bits per heavy atom. The average molecular weight is 775 g/mol. The van der Waals surface area contributed by atoms with Crippen LogP contribution in [0.25, 0.3) is 0 Å². The molecule has 0 aromatic rings. The topological polar surface area (TPSA) is 223 Å². The number of guanidine groups is 1. The molecule has 0 bridgehead atoms. The maximum atomic E-state index is 13.6. The van der Waals surface area contributed by atoms with E-state index in [1.807, 2.05) is 13.8 Å². The number of thioether (sulfide) groups is 1. The molecule has 0 radical (unpaired) electrons. The highest BCUT2D eigenvalue weighted by Gasteiger charge is 2.29. The fourth-order valence-electron chi connectivity index (χ4n) is 5.37. The molecular formula is C33H56BrN7O7S. The van der Waals surface area contributed by atoms with Gasteiger partial charge >= 0.3 is 0 Å². The number of aliphatic imine (C=N–C) groups is 1. The van der Waals surface area contributed by atoms with Crippen molar-refractivity contribution in [2.24, 2.45) is 28.3 Å². The Morgan fingerprint density at radius 3 is 2.51 bits per heavy atom. The van der Waals surface area contributed by atoms with Gasteiger partial charge in [0, 0.05) is 44.0 Å². The summed E-state index contributed by atoms with van der Waals surface area (Å²) in [5.41, 5.74) is 10.7. The number of nitrogens with one attached hydrogen (secondary N) is 3. The van der Waals surface area contributed by atoms with Crippen molar-refractivity contribution in [2.45, 2.75) is 96.2 Å². The number of aldehydes is 1. The number of Topliss-reactive ketones (excluding diaryl/α,β-unsaturated/α-hetero) is 4. The molecule has 0 aliphatic carbocycles. The number of amides is 2. The lowest BCUT2D eigenvalue weighted by molar-refractivity contribution is -0.130. The van der Waals surface area contributed by atoms with E-state index in [1.165, 1.54) is 11.8 Å². The predicted octanol–water partition coefficient (Wildman–Crippen LogP) is 0.910. The van der Waals surface area contributed by atoms with Crippen LogP contribution in [0.3, 0.4) is 0 Å². The molecule has 0 aromatic carbocycles. The van der Waals surface area contributed by atoms with E-state index in [2.05, 4.69) is 36.9 Å². The van der Waals surface area contributed by atoms with Gasteiger partial charge in [-0.3, -0.25) is 44.0 Å². The van der Waals surface area contributed by atoms with Gasteiger partial charge in [0.1, 0.15) is 17.9 Å². The zero-order valence-electron chi connectivity index (χ0n) is 29.2. The Bertz CT molecular complexity index is 1140. The zero-order valence-corrected chi connectivity index (χ0v) is 31.6. The third-order valence-electron chi connectivity index (χ3n) is 8.66. The summed E-state index contributed by atoms with van der Waals surface area (Å²) in [5.74, 6) is -1.58. The maximum absolute atomic E-state index is 13.6. The fourth-order valence-corrected chi connectivity index (χ4v) is 6.60. The number of halogens is 1. The molecule has 1 fully saturated rings. The Kier molecular flexibility index (Phi) is 22.9. The highest BCUT2D eigenvalue weighted by Crippen LogP contribution is 2.20. The number of nitrogens with zero attached hydrogens (tertiary/aromatic N) is 2. The van der Waals surface area contributed by atoms with Gasteiger partial charge in [-0.05, 0) is 45.1 Å². The van der Waals surface area contributed by atoms with E-state index in [0.717, 1.165) is 6.29 Å². The van der Waals surface area contributed by atoms with E-state index >= 15 is 0 Å². The Balaban J connectivity index is 3.14. The second kappa shape index (κ2) is 25.3. The van der Waals surface area contributed by atoms with E-state index in [-0.39, 0.29) is 102 Å². The molecule has 0 saturated carbocycles. The van der Waals surface area contributed by atoms with Crippen molar-refractivity contribution in [3.05, 3.63) is 0 Å². The van der Waals surface area contributed by atoms with Gasteiger partial charge in [0.15, 0.2) is 17.5 Å². The monoisotopic (exact) mass is 773 g/mol. The quantitative estimate of drug-likeness (QED) is 0.0458. The molecular weight excluding hydrogens is 718 g/mol. The van der Waals surface area contributed by atoms with Gasteiger partial charge in [0.25, 0.3) is 0 Å². The number of unbranched alkanes of at least 4 members (excludes halogenated alkanes) is 1. The van der Waals surface area contributed by atoms with E-state index in [0.29, 0.717) is 51.6 Å². The number of carbonyl (C=O) groups is 7. The standard InChI is InChI=1S/C33H56BrN7O7S/c1-4-22(2)32-27(44)12-10-23(8-5-6-14-37-31(48)16-34)28(45)17-39-26(21-49-20-25(43)11-13-30(47)40-32)29(46)18-41(3)24(19-42)9-7-15-38-33(35)36/h19,22-24,26,32,39H,4-18,20-21H2,1-3H3,(H,37,48)(H,40,47)(H4,35,36,38)/t22-,23+,24-,26-,32-/m0/s1. The van der Waals surface area contributed by atoms with Crippen LogP contribution in [0.1, 0.15) is 78.1 Å². The van der Waals surface area contributed by atoms with Gasteiger partial charge in [-0.25, -0.2) is 0 Å². The normalized spacial score (nSPS) is 21.7. The molecule has 49 heavy (non-hydrogen) atoms. The third-order valence-corrected chi connectivity index (χ3v) is 10.3. The number of hydrogen-bond acceptors (Lipinski definition) is 11. The van der Waals surface area contributed by atoms with Crippen molar-refractivity contribution in [3.63, 3.8) is 0 Å². The zero-order chi connectivity index (χ0) is 36.8. The van der Waals surface area contributed by atoms with Crippen LogP contribution in [-0.2, 0) is 33.6 Å². The second-order valence-corrected chi connectivity index (χ2v) is 14.2. The number of carbonyl (C=O) groups excluding carboxylic acids is 7. The third kappa shape index (κ3) is 18.8. The molecule has 1 aliphatic heterocycles. The van der Waals surface area contributed by atoms with Crippen molar-refractivity contribution < 1.29 is 33.6 Å². The van der Waals surface area contributed by atoms with Crippen molar-refractivity contribution in [3.8, 4) is 0 Å². The second-order valence-electron chi connectivity index (χ2n) is 12.6. The van der Waals surface area contributed by atoms with Crippen LogP contribution in [-0.4, -0.2) is 120 Å². The molecule has 0 aromatic heterocycles. The van der Waals surface area contributed by atoms with Crippen LogP contribution in [0.15, 0.2) is 4.99 Å². The molecule has 278 valence electrons. The summed E-state index contributed by atoms with van der Waals surface area (Å²) in [4.78, 5) is 94.9. The smallest absolute Gasteiger partial charge is 0.230 e. The lowest BCUT2D eigenvalue weighted by atomic mass is 9.87. The Labute approximate surface area is 303 Å². The summed E-state index contributed by atoms with van der Waals surface area (Å²) >= 11 is 4.35.